The highest BCUT2D eigenvalue weighted by Gasteiger charge is 1.95. The average Bonchev–Trinajstić information content (AvgIpc) is 2.71. The molecule has 0 amide bonds. The first-order valence-corrected chi connectivity index (χ1v) is 12.2. The van der Waals surface area contributed by atoms with Crippen LogP contribution in [0.1, 0.15) is 104 Å². The fourth-order valence-electron chi connectivity index (χ4n) is 3.08. The summed E-state index contributed by atoms with van der Waals surface area (Å²) in [5.74, 6) is 0. The predicted octanol–water partition coefficient (Wildman–Crippen LogP) is 6.55. The maximum Gasteiger partial charge on any atom is 0.0701 e. The molecule has 0 aliphatic carbocycles. The van der Waals surface area contributed by atoms with Crippen LogP contribution < -0.4 is 0 Å². The zero-order valence-corrected chi connectivity index (χ0v) is 19.2. The van der Waals surface area contributed by atoms with Crippen molar-refractivity contribution >= 4 is 0 Å². The van der Waals surface area contributed by atoms with Crippen LogP contribution in [0.25, 0.3) is 0 Å². The van der Waals surface area contributed by atoms with E-state index in [1.54, 1.807) is 0 Å². The van der Waals surface area contributed by atoms with E-state index in [1.165, 1.54) is 83.5 Å². The summed E-state index contributed by atoms with van der Waals surface area (Å²) in [4.78, 5) is 0. The Labute approximate surface area is 176 Å². The molecule has 0 N–H and O–H groups in total. The molecule has 0 aliphatic rings. The Morgan fingerprint density at radius 2 is 0.536 bits per heavy atom. The summed E-state index contributed by atoms with van der Waals surface area (Å²) in [6.45, 7) is 10.2. The number of hydrogen-bond donors (Lipinski definition) is 0. The lowest BCUT2D eigenvalue weighted by atomic mass is 10.1. The summed E-state index contributed by atoms with van der Waals surface area (Å²) >= 11 is 0. The van der Waals surface area contributed by atoms with Gasteiger partial charge >= 0.3 is 0 Å². The highest BCUT2D eigenvalue weighted by Crippen LogP contribution is 2.11. The van der Waals surface area contributed by atoms with Gasteiger partial charge in [0.2, 0.25) is 0 Å². The minimum Gasteiger partial charge on any atom is -0.379 e. The van der Waals surface area contributed by atoms with Crippen LogP contribution in [0.15, 0.2) is 0 Å². The van der Waals surface area contributed by atoms with E-state index in [1.807, 2.05) is 0 Å². The number of rotatable bonds is 25. The molecule has 0 spiro atoms. The van der Waals surface area contributed by atoms with Gasteiger partial charge in [-0.2, -0.15) is 0 Å². The maximum absolute atomic E-state index is 5.62. The summed E-state index contributed by atoms with van der Waals surface area (Å²) in [5, 5.41) is 0. The topological polar surface area (TPSA) is 36.9 Å². The zero-order valence-electron chi connectivity index (χ0n) is 19.2. The van der Waals surface area contributed by atoms with Crippen LogP contribution in [0.4, 0.5) is 0 Å². The predicted molar refractivity (Wildman–Crippen MR) is 119 cm³/mol. The van der Waals surface area contributed by atoms with Crippen LogP contribution >= 0.6 is 0 Å². The van der Waals surface area contributed by atoms with Crippen LogP contribution in [0.3, 0.4) is 0 Å². The van der Waals surface area contributed by atoms with Crippen molar-refractivity contribution in [3.63, 3.8) is 0 Å². The normalized spacial score (nSPS) is 11.4. The van der Waals surface area contributed by atoms with Crippen LogP contribution in [-0.4, -0.2) is 52.9 Å². The van der Waals surface area contributed by atoms with E-state index in [2.05, 4.69) is 13.8 Å². The first-order chi connectivity index (χ1) is 13.9. The molecule has 0 rings (SSSR count). The third-order valence-corrected chi connectivity index (χ3v) is 4.90. The zero-order chi connectivity index (χ0) is 20.4. The van der Waals surface area contributed by atoms with Gasteiger partial charge in [0.1, 0.15) is 0 Å². The van der Waals surface area contributed by atoms with E-state index >= 15 is 0 Å². The Hall–Kier alpha value is -0.160. The van der Waals surface area contributed by atoms with E-state index in [-0.39, 0.29) is 0 Å². The first-order valence-electron chi connectivity index (χ1n) is 12.2. The molecule has 0 unspecified atom stereocenters. The molecule has 28 heavy (non-hydrogen) atoms. The molecular formula is C24H50O4. The highest BCUT2D eigenvalue weighted by molar-refractivity contribution is 4.48. The summed E-state index contributed by atoms with van der Waals surface area (Å²) < 4.78 is 22.1. The summed E-state index contributed by atoms with van der Waals surface area (Å²) in [6, 6.07) is 0. The third-order valence-electron chi connectivity index (χ3n) is 4.90. The van der Waals surface area contributed by atoms with Crippen molar-refractivity contribution in [2.75, 3.05) is 52.9 Å². The molecule has 0 aliphatic heterocycles. The fourth-order valence-corrected chi connectivity index (χ4v) is 3.08. The largest absolute Gasteiger partial charge is 0.379 e. The quantitative estimate of drug-likeness (QED) is 0.162. The van der Waals surface area contributed by atoms with E-state index < -0.39 is 0 Å². The smallest absolute Gasteiger partial charge is 0.0701 e. The van der Waals surface area contributed by atoms with Crippen molar-refractivity contribution in [3.05, 3.63) is 0 Å². The lowest BCUT2D eigenvalue weighted by Crippen LogP contribution is -2.12. The Bertz CT molecular complexity index is 235. The van der Waals surface area contributed by atoms with Crippen molar-refractivity contribution < 1.29 is 18.9 Å². The van der Waals surface area contributed by atoms with E-state index in [9.17, 15) is 0 Å². The number of hydrogen-bond acceptors (Lipinski definition) is 4. The van der Waals surface area contributed by atoms with Crippen LogP contribution in [-0.2, 0) is 18.9 Å². The standard InChI is InChI=1S/C24H50O4/c1-3-5-7-8-9-10-11-12-13-14-16-18-26-20-22-28-24-23-27-21-19-25-17-15-6-4-2/h3-24H2,1-2H3. The van der Waals surface area contributed by atoms with Crippen molar-refractivity contribution in [2.45, 2.75) is 104 Å². The van der Waals surface area contributed by atoms with Gasteiger partial charge in [0, 0.05) is 13.2 Å². The Kier molecular flexibility index (Phi) is 26.7. The second kappa shape index (κ2) is 26.8. The highest BCUT2D eigenvalue weighted by atomic mass is 16.6. The minimum absolute atomic E-state index is 0.636. The molecule has 0 saturated carbocycles. The molecule has 0 radical (unpaired) electrons. The summed E-state index contributed by atoms with van der Waals surface area (Å²) in [7, 11) is 0. The van der Waals surface area contributed by atoms with Gasteiger partial charge in [-0.25, -0.2) is 0 Å². The van der Waals surface area contributed by atoms with Crippen LogP contribution in [0.5, 0.6) is 0 Å². The molecule has 170 valence electrons. The average molecular weight is 403 g/mol. The van der Waals surface area contributed by atoms with Gasteiger partial charge < -0.3 is 18.9 Å². The fraction of sp³-hybridized carbons (Fsp3) is 1.00. The summed E-state index contributed by atoms with van der Waals surface area (Å²) in [6.07, 6.45) is 18.7. The van der Waals surface area contributed by atoms with Gasteiger partial charge in [0.05, 0.1) is 39.6 Å². The van der Waals surface area contributed by atoms with Crippen molar-refractivity contribution in [2.24, 2.45) is 0 Å². The van der Waals surface area contributed by atoms with Gasteiger partial charge in [0.25, 0.3) is 0 Å². The third kappa shape index (κ3) is 25.8. The molecule has 0 bridgehead atoms. The van der Waals surface area contributed by atoms with Gasteiger partial charge in [-0.15, -0.1) is 0 Å². The molecular weight excluding hydrogens is 352 g/mol. The molecule has 0 aromatic carbocycles. The van der Waals surface area contributed by atoms with Crippen LogP contribution in [0, 0.1) is 0 Å². The lowest BCUT2D eigenvalue weighted by molar-refractivity contribution is -0.00246. The molecule has 4 heteroatoms. The minimum atomic E-state index is 0.636. The maximum atomic E-state index is 5.62. The number of unbranched alkanes of at least 4 members (excludes halogenated alkanes) is 12. The Balaban J connectivity index is 2.96. The van der Waals surface area contributed by atoms with Gasteiger partial charge in [-0.05, 0) is 12.8 Å². The second-order valence-electron chi connectivity index (χ2n) is 7.69. The molecule has 0 aromatic heterocycles. The van der Waals surface area contributed by atoms with E-state index in [4.69, 9.17) is 18.9 Å². The molecule has 0 aromatic rings. The van der Waals surface area contributed by atoms with Crippen LogP contribution in [0.2, 0.25) is 0 Å². The lowest BCUT2D eigenvalue weighted by Gasteiger charge is -2.07. The van der Waals surface area contributed by atoms with E-state index in [0.717, 1.165) is 19.6 Å². The van der Waals surface area contributed by atoms with Crippen molar-refractivity contribution in [1.82, 2.24) is 0 Å². The van der Waals surface area contributed by atoms with E-state index in [0.29, 0.717) is 39.6 Å². The summed E-state index contributed by atoms with van der Waals surface area (Å²) in [5.41, 5.74) is 0. The Morgan fingerprint density at radius 1 is 0.286 bits per heavy atom. The monoisotopic (exact) mass is 402 g/mol. The van der Waals surface area contributed by atoms with Crippen molar-refractivity contribution in [3.8, 4) is 0 Å². The van der Waals surface area contributed by atoms with Gasteiger partial charge in [-0.1, -0.05) is 90.9 Å². The molecule has 4 nitrogen and oxygen atoms in total. The van der Waals surface area contributed by atoms with Crippen molar-refractivity contribution in [1.29, 1.82) is 0 Å². The molecule has 0 atom stereocenters. The molecule has 0 heterocycles. The van der Waals surface area contributed by atoms with Gasteiger partial charge in [0.15, 0.2) is 0 Å². The molecule has 0 fully saturated rings. The Morgan fingerprint density at radius 3 is 0.929 bits per heavy atom. The first kappa shape index (κ1) is 27.8. The van der Waals surface area contributed by atoms with Gasteiger partial charge in [-0.3, -0.25) is 0 Å². The number of ether oxygens (including phenoxy) is 4. The second-order valence-corrected chi connectivity index (χ2v) is 7.69. The SMILES string of the molecule is CCCCCCCCCCCCCOCCOCCOCCOCCCCC. The molecule has 0 saturated heterocycles.